The zero-order valence-corrected chi connectivity index (χ0v) is 11.3. The largest absolute Gasteiger partial charge is 0.379 e. The summed E-state index contributed by atoms with van der Waals surface area (Å²) in [7, 11) is 1.74. The van der Waals surface area contributed by atoms with Crippen LogP contribution in [0.4, 0.5) is 0 Å². The molecule has 4 heteroatoms. The van der Waals surface area contributed by atoms with Crippen molar-refractivity contribution in [1.29, 1.82) is 0 Å². The number of nitrogens with zero attached hydrogens (tertiary/aromatic N) is 2. The maximum absolute atomic E-state index is 6.26. The van der Waals surface area contributed by atoms with Crippen LogP contribution >= 0.6 is 0 Å². The molecule has 0 fully saturated rings. The van der Waals surface area contributed by atoms with Gasteiger partial charge < -0.3 is 10.5 Å². The Balaban J connectivity index is 2.12. The van der Waals surface area contributed by atoms with Crippen molar-refractivity contribution in [3.05, 3.63) is 36.2 Å². The van der Waals surface area contributed by atoms with Crippen molar-refractivity contribution in [1.82, 2.24) is 9.61 Å². The molecule has 1 unspecified atom stereocenters. The highest BCUT2D eigenvalue weighted by Gasteiger charge is 2.19. The second kappa shape index (κ2) is 5.08. The second-order valence-electron chi connectivity index (χ2n) is 5.24. The van der Waals surface area contributed by atoms with Crippen molar-refractivity contribution in [2.24, 2.45) is 5.73 Å². The summed E-state index contributed by atoms with van der Waals surface area (Å²) < 4.78 is 7.27. The Labute approximate surface area is 108 Å². The van der Waals surface area contributed by atoms with Crippen LogP contribution in [0.15, 0.2) is 30.6 Å². The number of aromatic nitrogens is 2. The van der Waals surface area contributed by atoms with Crippen LogP contribution in [0.5, 0.6) is 0 Å². The number of fused-ring (bicyclic) bond motifs is 1. The van der Waals surface area contributed by atoms with Crippen LogP contribution in [0, 0.1) is 0 Å². The van der Waals surface area contributed by atoms with Crippen molar-refractivity contribution in [2.45, 2.75) is 38.3 Å². The lowest BCUT2D eigenvalue weighted by atomic mass is 9.96. The Morgan fingerprint density at radius 3 is 2.94 bits per heavy atom. The van der Waals surface area contributed by atoms with Gasteiger partial charge in [0.05, 0.1) is 17.3 Å². The Morgan fingerprint density at radius 2 is 2.22 bits per heavy atom. The summed E-state index contributed by atoms with van der Waals surface area (Å²) in [6.07, 6.45) is 5.61. The van der Waals surface area contributed by atoms with Gasteiger partial charge in [0.25, 0.3) is 0 Å². The third-order valence-corrected chi connectivity index (χ3v) is 3.47. The molecule has 0 amide bonds. The van der Waals surface area contributed by atoms with E-state index in [-0.39, 0.29) is 11.6 Å². The third kappa shape index (κ3) is 2.71. The van der Waals surface area contributed by atoms with Gasteiger partial charge in [-0.1, -0.05) is 6.07 Å². The van der Waals surface area contributed by atoms with Crippen molar-refractivity contribution < 1.29 is 4.74 Å². The van der Waals surface area contributed by atoms with Crippen LogP contribution in [0.2, 0.25) is 0 Å². The summed E-state index contributed by atoms with van der Waals surface area (Å²) in [5.41, 5.74) is 8.32. The van der Waals surface area contributed by atoms with Gasteiger partial charge in [-0.25, -0.2) is 4.52 Å². The molecule has 0 bridgehead atoms. The number of ether oxygens (including phenoxy) is 1. The van der Waals surface area contributed by atoms with Crippen LogP contribution in [0.3, 0.4) is 0 Å². The molecule has 0 radical (unpaired) electrons. The predicted molar refractivity (Wildman–Crippen MR) is 72.4 cm³/mol. The Bertz CT molecular complexity index is 518. The smallest absolute Gasteiger partial charge is 0.0709 e. The zero-order valence-electron chi connectivity index (χ0n) is 11.3. The van der Waals surface area contributed by atoms with Crippen LogP contribution in [-0.2, 0) is 4.74 Å². The molecule has 0 aliphatic heterocycles. The first kappa shape index (κ1) is 13.1. The third-order valence-electron chi connectivity index (χ3n) is 3.47. The van der Waals surface area contributed by atoms with Crippen molar-refractivity contribution in [3.8, 4) is 0 Å². The Morgan fingerprint density at radius 1 is 1.44 bits per heavy atom. The summed E-state index contributed by atoms with van der Waals surface area (Å²) in [6.45, 7) is 4.16. The first-order chi connectivity index (χ1) is 8.53. The number of methoxy groups -OCH3 is 1. The molecule has 2 N–H and O–H groups in total. The number of rotatable bonds is 5. The minimum atomic E-state index is -0.124. The highest BCUT2D eigenvalue weighted by molar-refractivity contribution is 5.54. The van der Waals surface area contributed by atoms with Gasteiger partial charge in [-0.3, -0.25) is 0 Å². The van der Waals surface area contributed by atoms with Gasteiger partial charge in [0.2, 0.25) is 0 Å². The first-order valence-corrected chi connectivity index (χ1v) is 6.26. The fourth-order valence-corrected chi connectivity index (χ4v) is 2.00. The van der Waals surface area contributed by atoms with E-state index in [9.17, 15) is 0 Å². The molecule has 0 aliphatic carbocycles. The summed E-state index contributed by atoms with van der Waals surface area (Å²) in [6, 6.07) is 6.01. The highest BCUT2D eigenvalue weighted by Crippen LogP contribution is 2.25. The maximum Gasteiger partial charge on any atom is 0.0709 e. The van der Waals surface area contributed by atoms with Gasteiger partial charge >= 0.3 is 0 Å². The molecule has 0 aliphatic rings. The van der Waals surface area contributed by atoms with E-state index < -0.39 is 0 Å². The molecule has 0 aromatic carbocycles. The van der Waals surface area contributed by atoms with E-state index in [4.69, 9.17) is 10.5 Å². The van der Waals surface area contributed by atoms with E-state index in [1.807, 2.05) is 35.1 Å². The van der Waals surface area contributed by atoms with Gasteiger partial charge in [0.15, 0.2) is 0 Å². The van der Waals surface area contributed by atoms with E-state index in [2.05, 4.69) is 18.9 Å². The minimum Gasteiger partial charge on any atom is -0.379 e. The average molecular weight is 247 g/mol. The Kier molecular flexibility index (Phi) is 3.68. The standard InChI is InChI=1S/C14H21N3O/c1-14(2,18-3)8-7-12(15)11-10-16-17-9-5-4-6-13(11)17/h4-6,9-10,12H,7-8,15H2,1-3H3. The molecule has 18 heavy (non-hydrogen) atoms. The van der Waals surface area contributed by atoms with Crippen LogP contribution in [0.1, 0.15) is 38.3 Å². The fourth-order valence-electron chi connectivity index (χ4n) is 2.00. The lowest BCUT2D eigenvalue weighted by Gasteiger charge is -2.24. The normalized spacial score (nSPS) is 14.0. The second-order valence-corrected chi connectivity index (χ2v) is 5.24. The monoisotopic (exact) mass is 247 g/mol. The molecule has 1 atom stereocenters. The van der Waals surface area contributed by atoms with Gasteiger partial charge in [-0.2, -0.15) is 5.10 Å². The lowest BCUT2D eigenvalue weighted by molar-refractivity contribution is 0.0125. The van der Waals surface area contributed by atoms with Crippen molar-refractivity contribution in [2.75, 3.05) is 7.11 Å². The van der Waals surface area contributed by atoms with Crippen molar-refractivity contribution >= 4 is 5.52 Å². The summed E-state index contributed by atoms with van der Waals surface area (Å²) in [5, 5.41) is 4.31. The topological polar surface area (TPSA) is 52.5 Å². The molecule has 2 rings (SSSR count). The summed E-state index contributed by atoms with van der Waals surface area (Å²) in [5.74, 6) is 0. The van der Waals surface area contributed by atoms with E-state index >= 15 is 0 Å². The number of hydrogen-bond acceptors (Lipinski definition) is 3. The van der Waals surface area contributed by atoms with E-state index in [0.717, 1.165) is 23.9 Å². The SMILES string of the molecule is COC(C)(C)CCC(N)c1cnn2ccccc12. The molecular formula is C14H21N3O. The number of pyridine rings is 1. The number of nitrogens with two attached hydrogens (primary N) is 1. The van der Waals surface area contributed by atoms with Gasteiger partial charge in [-0.05, 0) is 38.8 Å². The quantitative estimate of drug-likeness (QED) is 0.883. The van der Waals surface area contributed by atoms with Crippen molar-refractivity contribution in [3.63, 3.8) is 0 Å². The molecule has 0 saturated heterocycles. The summed E-state index contributed by atoms with van der Waals surface area (Å²) in [4.78, 5) is 0. The van der Waals surface area contributed by atoms with Gasteiger partial charge in [-0.15, -0.1) is 0 Å². The van der Waals surface area contributed by atoms with Crippen LogP contribution in [-0.4, -0.2) is 22.3 Å². The molecule has 0 saturated carbocycles. The van der Waals surface area contributed by atoms with E-state index in [1.54, 1.807) is 7.11 Å². The molecular weight excluding hydrogens is 226 g/mol. The molecule has 2 heterocycles. The maximum atomic E-state index is 6.26. The zero-order chi connectivity index (χ0) is 13.2. The minimum absolute atomic E-state index is 0.000625. The molecule has 4 nitrogen and oxygen atoms in total. The molecule has 98 valence electrons. The highest BCUT2D eigenvalue weighted by atomic mass is 16.5. The molecule has 0 spiro atoms. The van der Waals surface area contributed by atoms with Gasteiger partial charge in [0.1, 0.15) is 0 Å². The van der Waals surface area contributed by atoms with Crippen LogP contribution in [0.25, 0.3) is 5.52 Å². The summed E-state index contributed by atoms with van der Waals surface area (Å²) >= 11 is 0. The molecule has 2 aromatic rings. The predicted octanol–water partition coefficient (Wildman–Crippen LogP) is 2.54. The average Bonchev–Trinajstić information content (AvgIpc) is 2.80. The van der Waals surface area contributed by atoms with Crippen LogP contribution < -0.4 is 5.73 Å². The first-order valence-electron chi connectivity index (χ1n) is 6.26. The lowest BCUT2D eigenvalue weighted by Crippen LogP contribution is -2.24. The fraction of sp³-hybridized carbons (Fsp3) is 0.500. The van der Waals surface area contributed by atoms with Gasteiger partial charge in [0, 0.05) is 24.9 Å². The van der Waals surface area contributed by atoms with E-state index in [0.29, 0.717) is 0 Å². The number of hydrogen-bond donors (Lipinski definition) is 1. The molecule has 2 aromatic heterocycles. The Hall–Kier alpha value is -1.39. The van der Waals surface area contributed by atoms with E-state index in [1.165, 1.54) is 0 Å².